The van der Waals surface area contributed by atoms with Crippen LogP contribution in [0.4, 0.5) is 0 Å². The Hall–Kier alpha value is -0.820. The van der Waals surface area contributed by atoms with Crippen molar-refractivity contribution in [1.82, 2.24) is 9.80 Å². The quantitative estimate of drug-likeness (QED) is 0.428. The molecule has 24 heavy (non-hydrogen) atoms. The standard InChI is InChI=1S/C19H32N4.HI/c1-15(2)22(4)14-18-8-6-5-7-17(18)13-21-19(20)23-11-9-16(3)10-12-23;/h5-8,15-16H,9-14H2,1-4H3,(H2,20,21);1H. The first-order chi connectivity index (χ1) is 11.0. The van der Waals surface area contributed by atoms with Gasteiger partial charge in [0, 0.05) is 25.7 Å². The van der Waals surface area contributed by atoms with Crippen LogP contribution >= 0.6 is 24.0 Å². The largest absolute Gasteiger partial charge is 0.370 e. The molecule has 0 unspecified atom stereocenters. The molecule has 0 atom stereocenters. The van der Waals surface area contributed by atoms with Gasteiger partial charge >= 0.3 is 0 Å². The number of benzene rings is 1. The summed E-state index contributed by atoms with van der Waals surface area (Å²) in [6, 6.07) is 9.09. The zero-order valence-corrected chi connectivity index (χ0v) is 17.9. The third kappa shape index (κ3) is 6.24. The van der Waals surface area contributed by atoms with Crippen LogP contribution < -0.4 is 5.73 Å². The van der Waals surface area contributed by atoms with E-state index in [1.54, 1.807) is 0 Å². The van der Waals surface area contributed by atoms with Crippen LogP contribution in [0.3, 0.4) is 0 Å². The predicted octanol–water partition coefficient (Wildman–Crippen LogP) is 3.69. The van der Waals surface area contributed by atoms with Gasteiger partial charge in [-0.1, -0.05) is 31.2 Å². The van der Waals surface area contributed by atoms with Crippen molar-refractivity contribution in [1.29, 1.82) is 0 Å². The van der Waals surface area contributed by atoms with E-state index >= 15 is 0 Å². The van der Waals surface area contributed by atoms with Crippen molar-refractivity contribution in [3.63, 3.8) is 0 Å². The summed E-state index contributed by atoms with van der Waals surface area (Å²) in [5.74, 6) is 1.51. The molecule has 2 N–H and O–H groups in total. The zero-order chi connectivity index (χ0) is 16.8. The molecule has 1 aromatic carbocycles. The van der Waals surface area contributed by atoms with E-state index in [1.807, 2.05) is 0 Å². The minimum atomic E-state index is 0. The monoisotopic (exact) mass is 444 g/mol. The number of hydrogen-bond donors (Lipinski definition) is 1. The summed E-state index contributed by atoms with van der Waals surface area (Å²) in [5, 5.41) is 0. The normalized spacial score (nSPS) is 16.6. The van der Waals surface area contributed by atoms with Crippen molar-refractivity contribution in [2.24, 2.45) is 16.6 Å². The number of aliphatic imine (C=N–C) groups is 1. The summed E-state index contributed by atoms with van der Waals surface area (Å²) in [5.41, 5.74) is 8.82. The third-order valence-electron chi connectivity index (χ3n) is 4.94. The lowest BCUT2D eigenvalue weighted by Gasteiger charge is -2.31. The van der Waals surface area contributed by atoms with Crippen LogP contribution in [0.1, 0.15) is 44.7 Å². The minimum Gasteiger partial charge on any atom is -0.370 e. The molecule has 2 rings (SSSR count). The second kappa shape index (κ2) is 10.2. The minimum absolute atomic E-state index is 0. The number of piperidine rings is 1. The fourth-order valence-corrected chi connectivity index (χ4v) is 2.82. The van der Waals surface area contributed by atoms with Gasteiger partial charge in [-0.2, -0.15) is 0 Å². The Morgan fingerprint density at radius 1 is 1.25 bits per heavy atom. The summed E-state index contributed by atoms with van der Waals surface area (Å²) in [7, 11) is 2.16. The van der Waals surface area contributed by atoms with E-state index in [-0.39, 0.29) is 24.0 Å². The molecule has 0 radical (unpaired) electrons. The molecule has 0 saturated carbocycles. The molecular weight excluding hydrogens is 411 g/mol. The van der Waals surface area contributed by atoms with Gasteiger partial charge in [-0.3, -0.25) is 4.90 Å². The molecule has 0 aliphatic carbocycles. The maximum absolute atomic E-state index is 6.21. The van der Waals surface area contributed by atoms with Crippen molar-refractivity contribution < 1.29 is 0 Å². The van der Waals surface area contributed by atoms with Crippen molar-refractivity contribution in [3.05, 3.63) is 35.4 Å². The van der Waals surface area contributed by atoms with Gasteiger partial charge in [0.1, 0.15) is 0 Å². The van der Waals surface area contributed by atoms with Gasteiger partial charge in [0.05, 0.1) is 6.54 Å². The molecule has 0 aromatic heterocycles. The van der Waals surface area contributed by atoms with Crippen LogP contribution in [0.2, 0.25) is 0 Å². The molecule has 0 bridgehead atoms. The van der Waals surface area contributed by atoms with Crippen molar-refractivity contribution in [2.45, 2.75) is 52.7 Å². The number of halogens is 1. The van der Waals surface area contributed by atoms with Gasteiger partial charge < -0.3 is 10.6 Å². The summed E-state index contributed by atoms with van der Waals surface area (Å²) >= 11 is 0. The molecule has 1 aromatic rings. The maximum Gasteiger partial charge on any atom is 0.191 e. The Morgan fingerprint density at radius 2 is 1.83 bits per heavy atom. The lowest BCUT2D eigenvalue weighted by Crippen LogP contribution is -2.42. The number of nitrogens with zero attached hydrogens (tertiary/aromatic N) is 3. The Bertz CT molecular complexity index is 522. The topological polar surface area (TPSA) is 44.9 Å². The molecule has 0 spiro atoms. The van der Waals surface area contributed by atoms with Crippen LogP contribution in [0.5, 0.6) is 0 Å². The number of rotatable bonds is 5. The Labute approximate surface area is 164 Å². The zero-order valence-electron chi connectivity index (χ0n) is 15.5. The van der Waals surface area contributed by atoms with Gasteiger partial charge in [0.15, 0.2) is 5.96 Å². The molecule has 0 amide bonds. The third-order valence-corrected chi connectivity index (χ3v) is 4.94. The highest BCUT2D eigenvalue weighted by molar-refractivity contribution is 14.0. The molecule has 5 heteroatoms. The van der Waals surface area contributed by atoms with Crippen molar-refractivity contribution in [3.8, 4) is 0 Å². The molecule has 4 nitrogen and oxygen atoms in total. The van der Waals surface area contributed by atoms with E-state index in [0.717, 1.165) is 25.6 Å². The molecule has 1 aliphatic heterocycles. The van der Waals surface area contributed by atoms with Crippen LogP contribution in [-0.2, 0) is 13.1 Å². The first-order valence-corrected chi connectivity index (χ1v) is 8.79. The van der Waals surface area contributed by atoms with Crippen molar-refractivity contribution >= 4 is 29.9 Å². The highest BCUT2D eigenvalue weighted by Crippen LogP contribution is 2.17. The highest BCUT2D eigenvalue weighted by Gasteiger charge is 2.17. The van der Waals surface area contributed by atoms with Crippen LogP contribution in [-0.4, -0.2) is 41.9 Å². The summed E-state index contributed by atoms with van der Waals surface area (Å²) < 4.78 is 0. The van der Waals surface area contributed by atoms with Gasteiger partial charge in [-0.15, -0.1) is 24.0 Å². The predicted molar refractivity (Wildman–Crippen MR) is 114 cm³/mol. The summed E-state index contributed by atoms with van der Waals surface area (Å²) in [6.07, 6.45) is 2.43. The molecule has 1 heterocycles. The van der Waals surface area contributed by atoms with E-state index in [1.165, 1.54) is 24.0 Å². The van der Waals surface area contributed by atoms with Gasteiger partial charge in [0.25, 0.3) is 0 Å². The van der Waals surface area contributed by atoms with Gasteiger partial charge in [0.2, 0.25) is 0 Å². The highest BCUT2D eigenvalue weighted by atomic mass is 127. The van der Waals surface area contributed by atoms with Crippen LogP contribution in [0.15, 0.2) is 29.3 Å². The number of guanidine groups is 1. The van der Waals surface area contributed by atoms with E-state index in [2.05, 4.69) is 66.9 Å². The number of likely N-dealkylation sites (tertiary alicyclic amines) is 1. The number of nitrogens with two attached hydrogens (primary N) is 1. The summed E-state index contributed by atoms with van der Waals surface area (Å²) in [4.78, 5) is 9.23. The second-order valence-corrected chi connectivity index (χ2v) is 7.12. The Morgan fingerprint density at radius 3 is 2.42 bits per heavy atom. The van der Waals surface area contributed by atoms with Crippen LogP contribution in [0.25, 0.3) is 0 Å². The first-order valence-electron chi connectivity index (χ1n) is 8.79. The lowest BCUT2D eigenvalue weighted by atomic mass is 10.00. The fraction of sp³-hybridized carbons (Fsp3) is 0.632. The first kappa shape index (κ1) is 21.2. The molecule has 1 aliphatic rings. The summed E-state index contributed by atoms with van der Waals surface area (Å²) in [6.45, 7) is 10.4. The van der Waals surface area contributed by atoms with Crippen LogP contribution in [0, 0.1) is 5.92 Å². The van der Waals surface area contributed by atoms with E-state index in [4.69, 9.17) is 5.73 Å². The maximum atomic E-state index is 6.21. The van der Waals surface area contributed by atoms with Crippen molar-refractivity contribution in [2.75, 3.05) is 20.1 Å². The Balaban J connectivity index is 0.00000288. The average Bonchev–Trinajstić information content (AvgIpc) is 2.54. The molecule has 1 saturated heterocycles. The van der Waals surface area contributed by atoms with E-state index in [0.29, 0.717) is 18.5 Å². The second-order valence-electron chi connectivity index (χ2n) is 7.12. The molecule has 136 valence electrons. The van der Waals surface area contributed by atoms with Gasteiger partial charge in [-0.05, 0) is 50.8 Å². The molecular formula is C19H33IN4. The van der Waals surface area contributed by atoms with E-state index in [9.17, 15) is 0 Å². The van der Waals surface area contributed by atoms with E-state index < -0.39 is 0 Å². The number of hydrogen-bond acceptors (Lipinski definition) is 2. The fourth-order valence-electron chi connectivity index (χ4n) is 2.82. The molecule has 1 fully saturated rings. The SMILES string of the molecule is CC1CCN(C(N)=NCc2ccccc2CN(C)C(C)C)CC1.I. The van der Waals surface area contributed by atoms with Gasteiger partial charge in [-0.25, -0.2) is 4.99 Å². The Kier molecular flexibility index (Phi) is 9.05. The lowest BCUT2D eigenvalue weighted by molar-refractivity contribution is 0.265. The smallest absolute Gasteiger partial charge is 0.191 e. The average molecular weight is 444 g/mol.